The van der Waals surface area contributed by atoms with Crippen LogP contribution >= 0.6 is 11.6 Å². The third kappa shape index (κ3) is 2.93. The fourth-order valence-corrected chi connectivity index (χ4v) is 2.72. The number of nitrogens with zero attached hydrogens (tertiary/aromatic N) is 2. The molecule has 2 nitrogen and oxygen atoms in total. The zero-order chi connectivity index (χ0) is 15.7. The quantitative estimate of drug-likeness (QED) is 0.613. The van der Waals surface area contributed by atoms with E-state index in [1.54, 1.807) is 0 Å². The predicted molar refractivity (Wildman–Crippen MR) is 92.8 cm³/mol. The van der Waals surface area contributed by atoms with Crippen molar-refractivity contribution in [1.29, 1.82) is 0 Å². The van der Waals surface area contributed by atoms with E-state index in [0.717, 1.165) is 16.4 Å². The molecule has 0 fully saturated rings. The molecule has 0 aliphatic heterocycles. The molecule has 0 radical (unpaired) electrons. The summed E-state index contributed by atoms with van der Waals surface area (Å²) in [5.41, 5.74) is 5.83. The molecule has 0 unspecified atom stereocenters. The summed E-state index contributed by atoms with van der Waals surface area (Å²) in [6.45, 7) is 6.43. The van der Waals surface area contributed by atoms with E-state index >= 15 is 0 Å². The lowest BCUT2D eigenvalue weighted by Gasteiger charge is -2.15. The highest BCUT2D eigenvalue weighted by Crippen LogP contribution is 2.29. The first-order valence-electron chi connectivity index (χ1n) is 7.47. The third-order valence-corrected chi connectivity index (χ3v) is 4.05. The lowest BCUT2D eigenvalue weighted by molar-refractivity contribution is 0.802. The smallest absolute Gasteiger partial charge is 0.0680 e. The molecule has 0 amide bonds. The van der Waals surface area contributed by atoms with Gasteiger partial charge in [0, 0.05) is 11.2 Å². The summed E-state index contributed by atoms with van der Waals surface area (Å²) >= 11 is 5.98. The van der Waals surface area contributed by atoms with Gasteiger partial charge in [0.05, 0.1) is 11.4 Å². The summed E-state index contributed by atoms with van der Waals surface area (Å²) in [6.07, 6.45) is 2.01. The molecule has 0 saturated heterocycles. The van der Waals surface area contributed by atoms with Crippen molar-refractivity contribution in [3.63, 3.8) is 0 Å². The Morgan fingerprint density at radius 2 is 1.64 bits per heavy atom. The van der Waals surface area contributed by atoms with Crippen LogP contribution in [-0.4, -0.2) is 9.78 Å². The van der Waals surface area contributed by atoms with Crippen molar-refractivity contribution in [2.75, 3.05) is 0 Å². The van der Waals surface area contributed by atoms with Gasteiger partial charge >= 0.3 is 0 Å². The van der Waals surface area contributed by atoms with Gasteiger partial charge in [-0.25, -0.2) is 4.68 Å². The first-order chi connectivity index (χ1) is 10.5. The zero-order valence-corrected chi connectivity index (χ0v) is 13.8. The number of hydrogen-bond donors (Lipinski definition) is 0. The molecule has 3 heteroatoms. The van der Waals surface area contributed by atoms with Gasteiger partial charge in [-0.05, 0) is 59.9 Å². The van der Waals surface area contributed by atoms with Crippen molar-refractivity contribution in [1.82, 2.24) is 9.78 Å². The molecular weight excluding hydrogens is 292 g/mol. The van der Waals surface area contributed by atoms with Crippen molar-refractivity contribution >= 4 is 11.6 Å². The molecule has 3 rings (SSSR count). The maximum absolute atomic E-state index is 5.98. The van der Waals surface area contributed by atoms with Gasteiger partial charge in [-0.1, -0.05) is 43.6 Å². The molecule has 0 saturated carbocycles. The van der Waals surface area contributed by atoms with Crippen molar-refractivity contribution in [2.24, 2.45) is 0 Å². The predicted octanol–water partition coefficient (Wildman–Crippen LogP) is 5.62. The largest absolute Gasteiger partial charge is 0.240 e. The van der Waals surface area contributed by atoms with Gasteiger partial charge in [0.15, 0.2) is 0 Å². The van der Waals surface area contributed by atoms with Crippen LogP contribution in [0.15, 0.2) is 54.7 Å². The normalized spacial score (nSPS) is 11.1. The first kappa shape index (κ1) is 14.9. The molecule has 0 aliphatic carbocycles. The van der Waals surface area contributed by atoms with Crippen LogP contribution in [0.4, 0.5) is 0 Å². The van der Waals surface area contributed by atoms with Crippen molar-refractivity contribution in [3.05, 3.63) is 71.0 Å². The molecule has 0 atom stereocenters. The molecule has 0 bridgehead atoms. The second-order valence-electron chi connectivity index (χ2n) is 5.84. The number of aromatic nitrogens is 2. The fraction of sp³-hybridized carbons (Fsp3) is 0.211. The van der Waals surface area contributed by atoms with Gasteiger partial charge in [-0.15, -0.1) is 0 Å². The van der Waals surface area contributed by atoms with E-state index in [1.807, 2.05) is 36.0 Å². The van der Waals surface area contributed by atoms with Crippen LogP contribution in [0.2, 0.25) is 5.02 Å². The second-order valence-corrected chi connectivity index (χ2v) is 6.27. The minimum atomic E-state index is 0.423. The Kier molecular flexibility index (Phi) is 4.04. The van der Waals surface area contributed by atoms with Gasteiger partial charge in [-0.2, -0.15) is 5.10 Å². The van der Waals surface area contributed by atoms with Crippen LogP contribution in [0.25, 0.3) is 16.8 Å². The topological polar surface area (TPSA) is 17.8 Å². The van der Waals surface area contributed by atoms with Gasteiger partial charge < -0.3 is 0 Å². The van der Waals surface area contributed by atoms with Crippen LogP contribution in [0.5, 0.6) is 0 Å². The summed E-state index contributed by atoms with van der Waals surface area (Å²) in [7, 11) is 0. The fourth-order valence-electron chi connectivity index (χ4n) is 2.60. The van der Waals surface area contributed by atoms with Crippen LogP contribution in [0.1, 0.15) is 31.0 Å². The van der Waals surface area contributed by atoms with Crippen molar-refractivity contribution in [3.8, 4) is 16.8 Å². The molecule has 112 valence electrons. The summed E-state index contributed by atoms with van der Waals surface area (Å²) in [4.78, 5) is 0. The van der Waals surface area contributed by atoms with Gasteiger partial charge in [0.1, 0.15) is 0 Å². The molecule has 1 aromatic heterocycles. The lowest BCUT2D eigenvalue weighted by atomic mass is 9.95. The summed E-state index contributed by atoms with van der Waals surface area (Å²) in [5.74, 6) is 0.423. The van der Waals surface area contributed by atoms with Crippen LogP contribution in [0.3, 0.4) is 0 Å². The number of benzene rings is 2. The summed E-state index contributed by atoms with van der Waals surface area (Å²) in [6, 6.07) is 16.5. The van der Waals surface area contributed by atoms with Crippen molar-refractivity contribution < 1.29 is 0 Å². The number of aryl methyl sites for hydroxylation is 1. The SMILES string of the molecule is Cc1ccn(-c2ccc(-c3ccc(Cl)cc3)cc2C(C)C)n1. The second kappa shape index (κ2) is 5.98. The Morgan fingerprint density at radius 3 is 2.23 bits per heavy atom. The van der Waals surface area contributed by atoms with Gasteiger partial charge in [0.25, 0.3) is 0 Å². The number of halogens is 1. The first-order valence-corrected chi connectivity index (χ1v) is 7.85. The average Bonchev–Trinajstić information content (AvgIpc) is 2.94. The Hall–Kier alpha value is -2.06. The van der Waals surface area contributed by atoms with Gasteiger partial charge in [-0.3, -0.25) is 0 Å². The van der Waals surface area contributed by atoms with E-state index in [1.165, 1.54) is 16.7 Å². The van der Waals surface area contributed by atoms with Crippen LogP contribution in [-0.2, 0) is 0 Å². The highest BCUT2D eigenvalue weighted by atomic mass is 35.5. The molecule has 1 heterocycles. The molecule has 22 heavy (non-hydrogen) atoms. The highest BCUT2D eigenvalue weighted by molar-refractivity contribution is 6.30. The molecular formula is C19H19ClN2. The van der Waals surface area contributed by atoms with Gasteiger partial charge in [0.2, 0.25) is 0 Å². The molecule has 3 aromatic rings. The maximum atomic E-state index is 5.98. The Labute approximate surface area is 136 Å². The Morgan fingerprint density at radius 1 is 0.955 bits per heavy atom. The maximum Gasteiger partial charge on any atom is 0.0680 e. The summed E-state index contributed by atoms with van der Waals surface area (Å²) < 4.78 is 1.95. The van der Waals surface area contributed by atoms with E-state index in [9.17, 15) is 0 Å². The highest BCUT2D eigenvalue weighted by Gasteiger charge is 2.11. The molecule has 0 aliphatic rings. The molecule has 0 N–H and O–H groups in total. The molecule has 2 aromatic carbocycles. The standard InChI is InChI=1S/C19H19ClN2/c1-13(2)18-12-16(15-4-7-17(20)8-5-15)6-9-19(18)22-11-10-14(3)21-22/h4-13H,1-3H3. The van der Waals surface area contributed by atoms with E-state index < -0.39 is 0 Å². The zero-order valence-electron chi connectivity index (χ0n) is 13.0. The number of rotatable bonds is 3. The van der Waals surface area contributed by atoms with Crippen molar-refractivity contribution in [2.45, 2.75) is 26.7 Å². The van der Waals surface area contributed by atoms with Crippen LogP contribution < -0.4 is 0 Å². The lowest BCUT2D eigenvalue weighted by Crippen LogP contribution is -2.02. The molecule has 0 spiro atoms. The van der Waals surface area contributed by atoms with E-state index in [4.69, 9.17) is 11.6 Å². The summed E-state index contributed by atoms with van der Waals surface area (Å²) in [5, 5.41) is 5.30. The Balaban J connectivity index is 2.09. The third-order valence-electron chi connectivity index (χ3n) is 3.80. The van der Waals surface area contributed by atoms with E-state index in [0.29, 0.717) is 5.92 Å². The number of hydrogen-bond acceptors (Lipinski definition) is 1. The van der Waals surface area contributed by atoms with E-state index in [-0.39, 0.29) is 0 Å². The average molecular weight is 311 g/mol. The monoisotopic (exact) mass is 310 g/mol. The minimum absolute atomic E-state index is 0.423. The minimum Gasteiger partial charge on any atom is -0.240 e. The van der Waals surface area contributed by atoms with E-state index in [2.05, 4.69) is 49.3 Å². The van der Waals surface area contributed by atoms with Crippen LogP contribution in [0, 0.1) is 6.92 Å². The Bertz CT molecular complexity index is 785.